The second-order valence-electron chi connectivity index (χ2n) is 6.95. The number of nitrogens with one attached hydrogen (secondary N) is 1. The molecular weight excluding hydrogens is 300 g/mol. The summed E-state index contributed by atoms with van der Waals surface area (Å²) < 4.78 is 11.9. The van der Waals surface area contributed by atoms with Gasteiger partial charge < -0.3 is 42.2 Å². The maximum atomic E-state index is 10.5. The van der Waals surface area contributed by atoms with Crippen molar-refractivity contribution in [2.75, 3.05) is 7.05 Å². The van der Waals surface area contributed by atoms with Crippen molar-refractivity contribution < 1.29 is 19.7 Å². The number of hydrogen-bond donors (Lipinski definition) is 6. The molecule has 8 heteroatoms. The average Bonchev–Trinajstić information content (AvgIpc) is 2.46. The molecule has 1 heterocycles. The van der Waals surface area contributed by atoms with Crippen LogP contribution in [0.2, 0.25) is 0 Å². The molecular formula is C15H32N4O4. The molecule has 9 N–H and O–H groups in total. The van der Waals surface area contributed by atoms with E-state index in [4.69, 9.17) is 26.7 Å². The van der Waals surface area contributed by atoms with Gasteiger partial charge >= 0.3 is 0 Å². The van der Waals surface area contributed by atoms with Crippen molar-refractivity contribution in [3.8, 4) is 0 Å². The van der Waals surface area contributed by atoms with Gasteiger partial charge in [-0.15, -0.1) is 0 Å². The van der Waals surface area contributed by atoms with Crippen LogP contribution in [0.15, 0.2) is 0 Å². The predicted octanol–water partition coefficient (Wildman–Crippen LogP) is -2.02. The number of aliphatic hydroxyl groups is 2. The monoisotopic (exact) mass is 332 g/mol. The van der Waals surface area contributed by atoms with E-state index in [1.54, 1.807) is 7.05 Å². The lowest BCUT2D eigenvalue weighted by atomic mass is 9.84. The molecule has 0 radical (unpaired) electrons. The van der Waals surface area contributed by atoms with Crippen molar-refractivity contribution >= 4 is 0 Å². The van der Waals surface area contributed by atoms with Gasteiger partial charge in [-0.1, -0.05) is 0 Å². The third-order valence-electron chi connectivity index (χ3n) is 4.81. The van der Waals surface area contributed by atoms with Crippen molar-refractivity contribution in [3.63, 3.8) is 0 Å². The zero-order valence-electron chi connectivity index (χ0n) is 14.0. The number of ether oxygens (including phenoxy) is 2. The highest BCUT2D eigenvalue weighted by molar-refractivity contribution is 4.99. The van der Waals surface area contributed by atoms with Crippen molar-refractivity contribution in [1.29, 1.82) is 0 Å². The molecule has 1 aliphatic heterocycles. The smallest absolute Gasteiger partial charge is 0.173 e. The van der Waals surface area contributed by atoms with E-state index in [0.29, 0.717) is 6.42 Å². The van der Waals surface area contributed by atoms with Crippen LogP contribution in [-0.2, 0) is 9.47 Å². The number of nitrogens with two attached hydrogens (primary N) is 3. The average molecular weight is 332 g/mol. The Morgan fingerprint density at radius 3 is 2.57 bits per heavy atom. The summed E-state index contributed by atoms with van der Waals surface area (Å²) in [6, 6.07) is -1.19. The number of rotatable bonds is 5. The molecule has 0 spiro atoms. The van der Waals surface area contributed by atoms with Crippen LogP contribution in [0, 0.1) is 0 Å². The van der Waals surface area contributed by atoms with Crippen LogP contribution < -0.4 is 22.5 Å². The van der Waals surface area contributed by atoms with Crippen molar-refractivity contribution in [2.24, 2.45) is 17.2 Å². The summed E-state index contributed by atoms with van der Waals surface area (Å²) >= 11 is 0. The van der Waals surface area contributed by atoms with Crippen molar-refractivity contribution in [1.82, 2.24) is 5.32 Å². The summed E-state index contributed by atoms with van der Waals surface area (Å²) in [5.74, 6) is 0. The molecule has 0 aromatic carbocycles. The summed E-state index contributed by atoms with van der Waals surface area (Å²) in [4.78, 5) is 0. The number of likely N-dealkylation sites (N-methyl/N-ethyl adjacent to an activating group) is 1. The highest BCUT2D eigenvalue weighted by atomic mass is 16.7. The molecule has 136 valence electrons. The maximum Gasteiger partial charge on any atom is 0.173 e. The van der Waals surface area contributed by atoms with Crippen LogP contribution in [0.1, 0.15) is 32.6 Å². The molecule has 1 saturated carbocycles. The molecule has 0 bridgehead atoms. The number of aliphatic hydroxyl groups excluding tert-OH is 2. The summed E-state index contributed by atoms with van der Waals surface area (Å²) in [5, 5.41) is 23.4. The van der Waals surface area contributed by atoms with Crippen molar-refractivity contribution in [2.45, 2.75) is 87.5 Å². The minimum absolute atomic E-state index is 0.00226. The molecule has 8 nitrogen and oxygen atoms in total. The Hall–Kier alpha value is -0.320. The second-order valence-corrected chi connectivity index (χ2v) is 6.95. The molecule has 2 rings (SSSR count). The maximum absolute atomic E-state index is 10.5. The largest absolute Gasteiger partial charge is 0.391 e. The van der Waals surface area contributed by atoms with Crippen LogP contribution >= 0.6 is 0 Å². The first-order chi connectivity index (χ1) is 10.8. The molecule has 2 aliphatic rings. The molecule has 1 unspecified atom stereocenters. The molecule has 0 amide bonds. The van der Waals surface area contributed by atoms with E-state index in [-0.39, 0.29) is 18.2 Å². The van der Waals surface area contributed by atoms with E-state index in [1.165, 1.54) is 0 Å². The predicted molar refractivity (Wildman–Crippen MR) is 86.5 cm³/mol. The zero-order valence-corrected chi connectivity index (χ0v) is 14.0. The molecule has 1 saturated heterocycles. The standard InChI is InChI=1S/C15H32N4O4/c1-7(16)5-8-3-4-9(17)15(22-8)23-14-10(18)6-11(20)12(19-2)13(14)21/h7-15,19-21H,3-6,16-18H2,1-2H3/t7?,8-,9+,10-,11+,12-,13-,14+,15+/m0/s1. The van der Waals surface area contributed by atoms with Gasteiger partial charge in [-0.3, -0.25) is 0 Å². The molecule has 23 heavy (non-hydrogen) atoms. The Morgan fingerprint density at radius 2 is 1.96 bits per heavy atom. The van der Waals surface area contributed by atoms with Gasteiger partial charge in [0, 0.05) is 12.1 Å². The van der Waals surface area contributed by atoms with E-state index >= 15 is 0 Å². The minimum atomic E-state index is -0.927. The summed E-state index contributed by atoms with van der Waals surface area (Å²) in [7, 11) is 1.69. The lowest BCUT2D eigenvalue weighted by Gasteiger charge is -2.44. The summed E-state index contributed by atoms with van der Waals surface area (Å²) in [5.41, 5.74) is 18.0. The van der Waals surface area contributed by atoms with Crippen molar-refractivity contribution in [3.05, 3.63) is 0 Å². The molecule has 0 aromatic heterocycles. The normalized spacial score (nSPS) is 46.6. The minimum Gasteiger partial charge on any atom is -0.391 e. The van der Waals surface area contributed by atoms with Crippen LogP contribution in [-0.4, -0.2) is 72.1 Å². The van der Waals surface area contributed by atoms with E-state index in [2.05, 4.69) is 5.32 Å². The quantitative estimate of drug-likeness (QED) is 0.338. The Morgan fingerprint density at radius 1 is 1.26 bits per heavy atom. The van der Waals surface area contributed by atoms with Crippen LogP contribution in [0.3, 0.4) is 0 Å². The van der Waals surface area contributed by atoms with Crippen LogP contribution in [0.4, 0.5) is 0 Å². The Balaban J connectivity index is 2.00. The fraction of sp³-hybridized carbons (Fsp3) is 1.00. The topological polar surface area (TPSA) is 149 Å². The number of hydrogen-bond acceptors (Lipinski definition) is 8. The molecule has 9 atom stereocenters. The molecule has 0 aromatic rings. The second kappa shape index (κ2) is 8.17. The first-order valence-electron chi connectivity index (χ1n) is 8.44. The highest BCUT2D eigenvalue weighted by Crippen LogP contribution is 2.28. The zero-order chi connectivity index (χ0) is 17.1. The Kier molecular flexibility index (Phi) is 6.76. The summed E-state index contributed by atoms with van der Waals surface area (Å²) in [6.07, 6.45) is -0.186. The Bertz CT molecular complexity index is 373. The van der Waals surface area contributed by atoms with E-state index < -0.39 is 36.7 Å². The highest BCUT2D eigenvalue weighted by Gasteiger charge is 2.44. The van der Waals surface area contributed by atoms with Gasteiger partial charge in [0.05, 0.1) is 30.4 Å². The van der Waals surface area contributed by atoms with E-state index in [9.17, 15) is 10.2 Å². The SMILES string of the molecule is CN[C@@H]1[C@H](O)[C@H](O[C@H]2O[C@H](CC(C)N)CC[C@H]2N)[C@@H](N)C[C@H]1O. The van der Waals surface area contributed by atoms with Crippen LogP contribution in [0.25, 0.3) is 0 Å². The van der Waals surface area contributed by atoms with Gasteiger partial charge in [0.2, 0.25) is 0 Å². The Labute approximate surface area is 137 Å². The van der Waals surface area contributed by atoms with Gasteiger partial charge in [0.1, 0.15) is 6.10 Å². The van der Waals surface area contributed by atoms with Gasteiger partial charge in [-0.05, 0) is 39.7 Å². The van der Waals surface area contributed by atoms with Gasteiger partial charge in [0.15, 0.2) is 6.29 Å². The first-order valence-corrected chi connectivity index (χ1v) is 8.44. The van der Waals surface area contributed by atoms with Gasteiger partial charge in [0.25, 0.3) is 0 Å². The third-order valence-corrected chi connectivity index (χ3v) is 4.81. The molecule has 2 fully saturated rings. The molecule has 1 aliphatic carbocycles. The lowest BCUT2D eigenvalue weighted by Crippen LogP contribution is -2.65. The lowest BCUT2D eigenvalue weighted by molar-refractivity contribution is -0.251. The fourth-order valence-corrected chi connectivity index (χ4v) is 3.54. The van der Waals surface area contributed by atoms with Gasteiger partial charge in [-0.2, -0.15) is 0 Å². The van der Waals surface area contributed by atoms with E-state index in [0.717, 1.165) is 19.3 Å². The van der Waals surface area contributed by atoms with Crippen LogP contribution in [0.5, 0.6) is 0 Å². The van der Waals surface area contributed by atoms with E-state index in [1.807, 2.05) is 6.92 Å². The third kappa shape index (κ3) is 4.61. The first kappa shape index (κ1) is 19.0. The summed E-state index contributed by atoms with van der Waals surface area (Å²) in [6.45, 7) is 1.94. The fourth-order valence-electron chi connectivity index (χ4n) is 3.54. The van der Waals surface area contributed by atoms with Gasteiger partial charge in [-0.25, -0.2) is 0 Å².